The highest BCUT2D eigenvalue weighted by Crippen LogP contribution is 2.20. The van der Waals surface area contributed by atoms with Crippen LogP contribution in [0.2, 0.25) is 6.04 Å². The average Bonchev–Trinajstić information content (AvgIpc) is 1.99. The maximum atomic E-state index is 5.77. The second-order valence-electron chi connectivity index (χ2n) is 3.66. The first-order valence-corrected chi connectivity index (χ1v) is 6.13. The van der Waals surface area contributed by atoms with Gasteiger partial charge < -0.3 is 13.3 Å². The zero-order valence-corrected chi connectivity index (χ0v) is 9.93. The van der Waals surface area contributed by atoms with Gasteiger partial charge in [0.15, 0.2) is 0 Å². The lowest BCUT2D eigenvalue weighted by atomic mass is 10.2. The second-order valence-corrected chi connectivity index (χ2v) is 6.75. The predicted octanol–water partition coefficient (Wildman–Crippen LogP) is 3.96. The minimum Gasteiger partial charge on any atom is -0.377 e. The summed E-state index contributed by atoms with van der Waals surface area (Å²) in [5.41, 5.74) is -0.200. The number of rotatable bonds is 4. The fourth-order valence-corrected chi connectivity index (χ4v) is 2.98. The summed E-state index contributed by atoms with van der Waals surface area (Å²) in [5.74, 6) is 0. The lowest BCUT2D eigenvalue weighted by molar-refractivity contribution is 0.0174. The van der Waals surface area contributed by atoms with E-state index in [1.165, 1.54) is 0 Å². The molecular formula is C11H32O3Si. The average molecular weight is 240 g/mol. The first-order valence-electron chi connectivity index (χ1n) is 4.19. The van der Waals surface area contributed by atoms with Crippen molar-refractivity contribution in [2.75, 3.05) is 14.2 Å². The summed E-state index contributed by atoms with van der Waals surface area (Å²) in [6.45, 7) is 8.03. The van der Waals surface area contributed by atoms with Crippen LogP contribution in [0.1, 0.15) is 50.0 Å². The van der Waals surface area contributed by atoms with Gasteiger partial charge in [0.05, 0.1) is 5.60 Å². The van der Waals surface area contributed by atoms with Crippen LogP contribution in [-0.2, 0) is 13.3 Å². The normalized spacial score (nSPS) is 10.8. The lowest BCUT2D eigenvalue weighted by Gasteiger charge is -2.32. The molecule has 0 fully saturated rings. The summed E-state index contributed by atoms with van der Waals surface area (Å²) in [7, 11) is 0.935. The van der Waals surface area contributed by atoms with Crippen molar-refractivity contribution in [3.8, 4) is 0 Å². The highest BCUT2D eigenvalue weighted by atomic mass is 28.4. The summed E-state index contributed by atoms with van der Waals surface area (Å²) in [5, 5.41) is 0. The molecule has 0 radical (unpaired) electrons. The van der Waals surface area contributed by atoms with E-state index in [1.54, 1.807) is 14.2 Å². The van der Waals surface area contributed by atoms with Crippen LogP contribution in [0.4, 0.5) is 0 Å². The molecule has 0 amide bonds. The molecule has 0 heterocycles. The number of hydrogen-bond donors (Lipinski definition) is 0. The Morgan fingerprint density at radius 3 is 1.33 bits per heavy atom. The molecule has 0 aliphatic rings. The van der Waals surface area contributed by atoms with Crippen LogP contribution in [-0.4, -0.2) is 28.6 Å². The van der Waals surface area contributed by atoms with Crippen LogP contribution in [0.15, 0.2) is 0 Å². The van der Waals surface area contributed by atoms with Crippen LogP contribution in [0.5, 0.6) is 0 Å². The molecule has 3 nitrogen and oxygen atoms in total. The first-order chi connectivity index (χ1) is 5.39. The Balaban J connectivity index is -0.000000202. The van der Waals surface area contributed by atoms with Gasteiger partial charge in [0, 0.05) is 20.3 Å². The van der Waals surface area contributed by atoms with Gasteiger partial charge in [-0.25, -0.2) is 0 Å². The molecule has 0 saturated carbocycles. The van der Waals surface area contributed by atoms with Crippen molar-refractivity contribution >= 4 is 8.80 Å². The molecule has 0 N–H and O–H groups in total. The third kappa shape index (κ3) is 9.05. The minimum absolute atomic E-state index is 0. The van der Waals surface area contributed by atoms with Crippen molar-refractivity contribution in [1.82, 2.24) is 0 Å². The first kappa shape index (κ1) is 24.4. The van der Waals surface area contributed by atoms with Crippen molar-refractivity contribution in [3.63, 3.8) is 0 Å². The summed E-state index contributed by atoms with van der Waals surface area (Å²) in [6, 6.07) is 0.803. The molecular weight excluding hydrogens is 208 g/mol. The molecule has 0 rings (SSSR count). The van der Waals surface area contributed by atoms with Gasteiger partial charge >= 0.3 is 8.80 Å². The van der Waals surface area contributed by atoms with E-state index in [4.69, 9.17) is 13.3 Å². The van der Waals surface area contributed by atoms with Gasteiger partial charge in [-0.1, -0.05) is 29.2 Å². The van der Waals surface area contributed by atoms with Crippen LogP contribution < -0.4 is 0 Å². The Bertz CT molecular complexity index is 120. The summed E-state index contributed by atoms with van der Waals surface area (Å²) < 4.78 is 16.4. The maximum Gasteiger partial charge on any atom is 0.500 e. The molecule has 4 heteroatoms. The molecule has 98 valence electrons. The Morgan fingerprint density at radius 2 is 1.27 bits per heavy atom. The molecule has 0 unspecified atom stereocenters. The van der Waals surface area contributed by atoms with Crippen LogP contribution in [0, 0.1) is 0 Å². The van der Waals surface area contributed by atoms with Gasteiger partial charge in [-0.2, -0.15) is 0 Å². The topological polar surface area (TPSA) is 27.7 Å². The van der Waals surface area contributed by atoms with E-state index in [0.717, 1.165) is 6.04 Å². The van der Waals surface area contributed by atoms with Crippen molar-refractivity contribution in [1.29, 1.82) is 0 Å². The molecule has 0 atom stereocenters. The van der Waals surface area contributed by atoms with E-state index in [-0.39, 0.29) is 27.9 Å². The zero-order valence-electron chi connectivity index (χ0n) is 8.93. The van der Waals surface area contributed by atoms with Crippen LogP contribution in [0.3, 0.4) is 0 Å². The molecule has 0 aliphatic carbocycles. The van der Waals surface area contributed by atoms with E-state index in [0.29, 0.717) is 0 Å². The van der Waals surface area contributed by atoms with Gasteiger partial charge in [0.2, 0.25) is 0 Å². The van der Waals surface area contributed by atoms with Crippen LogP contribution >= 0.6 is 0 Å². The van der Waals surface area contributed by atoms with Gasteiger partial charge in [0.25, 0.3) is 0 Å². The number of hydrogen-bond acceptors (Lipinski definition) is 3. The molecule has 0 spiro atoms. The Hall–Kier alpha value is 0.0969. The Morgan fingerprint density at radius 1 is 0.933 bits per heavy atom. The molecule has 0 aromatic carbocycles. The predicted molar refractivity (Wildman–Crippen MR) is 71.3 cm³/mol. The molecule has 0 aromatic rings. The van der Waals surface area contributed by atoms with E-state index in [2.05, 4.69) is 0 Å². The van der Waals surface area contributed by atoms with Gasteiger partial charge in [-0.3, -0.25) is 0 Å². The summed E-state index contributed by atoms with van der Waals surface area (Å²) >= 11 is 0. The van der Waals surface area contributed by atoms with Gasteiger partial charge in [-0.15, -0.1) is 0 Å². The van der Waals surface area contributed by atoms with Gasteiger partial charge in [-0.05, 0) is 20.8 Å². The zero-order chi connectivity index (χ0) is 9.83. The summed E-state index contributed by atoms with van der Waals surface area (Å²) in [6.07, 6.45) is 0. The Kier molecular flexibility index (Phi) is 15.2. The molecule has 0 aromatic heterocycles. The fourth-order valence-electron chi connectivity index (χ4n) is 0.994. The highest BCUT2D eigenvalue weighted by molar-refractivity contribution is 6.60. The largest absolute Gasteiger partial charge is 0.500 e. The molecule has 15 heavy (non-hydrogen) atoms. The minimum atomic E-state index is -2.35. The van der Waals surface area contributed by atoms with Crippen molar-refractivity contribution < 1.29 is 13.3 Å². The molecule has 0 bridgehead atoms. The fraction of sp³-hybridized carbons (Fsp3) is 1.00. The molecule has 0 saturated heterocycles. The lowest BCUT2D eigenvalue weighted by Crippen LogP contribution is -2.48. The third-order valence-corrected chi connectivity index (χ3v) is 4.55. The van der Waals surface area contributed by atoms with E-state index < -0.39 is 8.80 Å². The van der Waals surface area contributed by atoms with E-state index in [9.17, 15) is 0 Å². The SMILES string of the molecule is C.C.C.CC[Si](OC)(OC)OC(C)(C)C. The monoisotopic (exact) mass is 240 g/mol. The third-order valence-electron chi connectivity index (χ3n) is 1.52. The van der Waals surface area contributed by atoms with Crippen LogP contribution in [0.25, 0.3) is 0 Å². The smallest absolute Gasteiger partial charge is 0.377 e. The van der Waals surface area contributed by atoms with Crippen molar-refractivity contribution in [3.05, 3.63) is 0 Å². The maximum absolute atomic E-state index is 5.77. The van der Waals surface area contributed by atoms with Crippen molar-refractivity contribution in [2.24, 2.45) is 0 Å². The van der Waals surface area contributed by atoms with Gasteiger partial charge in [0.1, 0.15) is 0 Å². The highest BCUT2D eigenvalue weighted by Gasteiger charge is 2.40. The Labute approximate surface area is 98.5 Å². The quantitative estimate of drug-likeness (QED) is 0.696. The van der Waals surface area contributed by atoms with E-state index in [1.807, 2.05) is 27.7 Å². The standard InChI is InChI=1S/C8H20O3Si.3CH4/c1-7-12(9-5,10-6)11-8(2,3)4;;;/h7H2,1-6H3;3*1H4. The van der Waals surface area contributed by atoms with E-state index >= 15 is 0 Å². The summed E-state index contributed by atoms with van der Waals surface area (Å²) in [4.78, 5) is 0. The van der Waals surface area contributed by atoms with Crippen molar-refractivity contribution in [2.45, 2.75) is 61.6 Å². The second kappa shape index (κ2) is 9.33. The molecule has 0 aliphatic heterocycles.